The van der Waals surface area contributed by atoms with Crippen LogP contribution in [0, 0.1) is 11.9 Å². The number of anilines is 2. The number of halogens is 1. The zero-order valence-electron chi connectivity index (χ0n) is 14.8. The smallest absolute Gasteiger partial charge is 0.266 e. The lowest BCUT2D eigenvalue weighted by Gasteiger charge is -2.30. The molecule has 28 heavy (non-hydrogen) atoms. The molecule has 3 aromatic rings. The van der Waals surface area contributed by atoms with Crippen molar-refractivity contribution in [3.05, 3.63) is 52.6 Å². The van der Waals surface area contributed by atoms with E-state index in [-0.39, 0.29) is 11.5 Å². The minimum Gasteiger partial charge on any atom is -0.379 e. The molecule has 3 atom stereocenters. The van der Waals surface area contributed by atoms with Gasteiger partial charge in [0.05, 0.1) is 29.1 Å². The molecule has 142 valence electrons. The molecular weight excluding hydrogens is 381 g/mol. The number of thioether (sulfide) groups is 1. The van der Waals surface area contributed by atoms with Crippen LogP contribution in [-0.2, 0) is 5.54 Å². The average molecular weight is 397 g/mol. The summed E-state index contributed by atoms with van der Waals surface area (Å²) in [6.07, 6.45) is 5.09. The van der Waals surface area contributed by atoms with Crippen LogP contribution in [-0.4, -0.2) is 30.4 Å². The first-order valence-electron chi connectivity index (χ1n) is 8.73. The highest BCUT2D eigenvalue weighted by Crippen LogP contribution is 2.57. The molecule has 3 aromatic heterocycles. The van der Waals surface area contributed by atoms with Crippen molar-refractivity contribution in [3.8, 4) is 0 Å². The van der Waals surface area contributed by atoms with Gasteiger partial charge in [-0.05, 0) is 25.5 Å². The van der Waals surface area contributed by atoms with E-state index >= 15 is 0 Å². The molecular formula is C18H16FN7OS. The van der Waals surface area contributed by atoms with Gasteiger partial charge in [-0.3, -0.25) is 9.79 Å². The van der Waals surface area contributed by atoms with Crippen molar-refractivity contribution < 1.29 is 4.39 Å². The van der Waals surface area contributed by atoms with Crippen molar-refractivity contribution in [2.75, 3.05) is 5.32 Å². The van der Waals surface area contributed by atoms with Crippen molar-refractivity contribution in [1.82, 2.24) is 19.9 Å². The number of hydrogen-bond donors (Lipinski definition) is 3. The summed E-state index contributed by atoms with van der Waals surface area (Å²) in [5.74, 6) is 0.110. The Hall–Kier alpha value is -3.01. The first-order valence-corrected chi connectivity index (χ1v) is 9.61. The monoisotopic (exact) mass is 397 g/mol. The van der Waals surface area contributed by atoms with Crippen LogP contribution in [0.15, 0.2) is 40.5 Å². The predicted octanol–water partition coefficient (Wildman–Crippen LogP) is 2.26. The molecule has 0 aromatic carbocycles. The van der Waals surface area contributed by atoms with Crippen molar-refractivity contribution >= 4 is 39.5 Å². The number of rotatable bonds is 3. The van der Waals surface area contributed by atoms with Gasteiger partial charge in [0.25, 0.3) is 5.56 Å². The maximum absolute atomic E-state index is 14.6. The predicted molar refractivity (Wildman–Crippen MR) is 106 cm³/mol. The molecule has 4 heterocycles. The Balaban J connectivity index is 1.56. The zero-order valence-corrected chi connectivity index (χ0v) is 15.6. The molecule has 0 saturated heterocycles. The third kappa shape index (κ3) is 2.71. The largest absolute Gasteiger partial charge is 0.379 e. The lowest BCUT2D eigenvalue weighted by Crippen LogP contribution is -2.32. The third-order valence-corrected chi connectivity index (χ3v) is 6.37. The van der Waals surface area contributed by atoms with Gasteiger partial charge >= 0.3 is 0 Å². The number of amidine groups is 1. The molecule has 10 heteroatoms. The van der Waals surface area contributed by atoms with Gasteiger partial charge in [-0.2, -0.15) is 4.39 Å². The first kappa shape index (κ1) is 17.1. The summed E-state index contributed by atoms with van der Waals surface area (Å²) in [4.78, 5) is 31.1. The van der Waals surface area contributed by atoms with Crippen LogP contribution in [0.2, 0.25) is 0 Å². The number of fused-ring (bicyclic) bond motifs is 2. The first-order chi connectivity index (χ1) is 13.4. The van der Waals surface area contributed by atoms with Crippen LogP contribution >= 0.6 is 11.8 Å². The second-order valence-electron chi connectivity index (χ2n) is 7.09. The maximum Gasteiger partial charge on any atom is 0.266 e. The number of hydrogen-bond acceptors (Lipinski definition) is 8. The van der Waals surface area contributed by atoms with Gasteiger partial charge < -0.3 is 16.0 Å². The van der Waals surface area contributed by atoms with Crippen LogP contribution in [0.4, 0.5) is 15.9 Å². The van der Waals surface area contributed by atoms with Gasteiger partial charge in [-0.1, -0.05) is 11.8 Å². The van der Waals surface area contributed by atoms with Gasteiger partial charge in [-0.25, -0.2) is 15.0 Å². The Morgan fingerprint density at radius 3 is 3.07 bits per heavy atom. The van der Waals surface area contributed by atoms with Crippen LogP contribution < -0.4 is 16.6 Å². The van der Waals surface area contributed by atoms with E-state index in [1.54, 1.807) is 30.1 Å². The van der Waals surface area contributed by atoms with E-state index in [4.69, 9.17) is 5.73 Å². The summed E-state index contributed by atoms with van der Waals surface area (Å²) >= 11 is 1.55. The third-order valence-electron chi connectivity index (χ3n) is 5.21. The molecule has 1 aliphatic heterocycles. The second-order valence-corrected chi connectivity index (χ2v) is 8.35. The molecule has 8 nitrogen and oxygen atoms in total. The van der Waals surface area contributed by atoms with Crippen molar-refractivity contribution in [1.29, 1.82) is 0 Å². The van der Waals surface area contributed by atoms with E-state index in [2.05, 4.69) is 30.2 Å². The second kappa shape index (κ2) is 5.99. The number of nitrogens with two attached hydrogens (primary N) is 1. The zero-order chi connectivity index (χ0) is 19.5. The minimum atomic E-state index is -0.746. The quantitative estimate of drug-likeness (QED) is 0.580. The minimum absolute atomic E-state index is 0.235. The maximum atomic E-state index is 14.6. The van der Waals surface area contributed by atoms with E-state index < -0.39 is 11.5 Å². The van der Waals surface area contributed by atoms with Crippen LogP contribution in [0.3, 0.4) is 0 Å². The van der Waals surface area contributed by atoms with Crippen molar-refractivity contribution in [3.63, 3.8) is 0 Å². The molecule has 0 amide bonds. The Kier molecular flexibility index (Phi) is 3.66. The Bertz CT molecular complexity index is 1200. The lowest BCUT2D eigenvalue weighted by molar-refractivity contribution is 0.400. The number of aromatic nitrogens is 4. The van der Waals surface area contributed by atoms with E-state index in [0.717, 1.165) is 6.42 Å². The summed E-state index contributed by atoms with van der Waals surface area (Å²) in [7, 11) is 0. The Morgan fingerprint density at radius 2 is 2.21 bits per heavy atom. The van der Waals surface area contributed by atoms with Crippen LogP contribution in [0.1, 0.15) is 18.9 Å². The number of H-pyrrole nitrogens is 1. The van der Waals surface area contributed by atoms with Gasteiger partial charge in [0.15, 0.2) is 11.0 Å². The highest BCUT2D eigenvalue weighted by atomic mass is 32.2. The Morgan fingerprint density at radius 1 is 1.36 bits per heavy atom. The topological polar surface area (TPSA) is 122 Å². The van der Waals surface area contributed by atoms with E-state index in [9.17, 15) is 9.18 Å². The summed E-state index contributed by atoms with van der Waals surface area (Å²) in [6.45, 7) is 1.90. The van der Waals surface area contributed by atoms with Crippen LogP contribution in [0.5, 0.6) is 0 Å². The van der Waals surface area contributed by atoms with Gasteiger partial charge in [0.2, 0.25) is 5.95 Å². The van der Waals surface area contributed by atoms with E-state index in [1.807, 2.05) is 6.92 Å². The fourth-order valence-corrected chi connectivity index (χ4v) is 5.01. The fraction of sp³-hybridized carbons (Fsp3) is 0.278. The molecule has 0 spiro atoms. The van der Waals surface area contributed by atoms with E-state index in [0.29, 0.717) is 38.5 Å². The van der Waals surface area contributed by atoms with E-state index in [1.165, 1.54) is 12.4 Å². The summed E-state index contributed by atoms with van der Waals surface area (Å²) in [5.41, 5.74) is 6.91. The summed E-state index contributed by atoms with van der Waals surface area (Å²) in [5, 5.41) is 3.97. The molecule has 5 rings (SSSR count). The molecule has 1 fully saturated rings. The number of nitrogens with one attached hydrogen (secondary N) is 2. The summed E-state index contributed by atoms with van der Waals surface area (Å²) < 4.78 is 14.6. The van der Waals surface area contributed by atoms with Gasteiger partial charge in [-0.15, -0.1) is 0 Å². The van der Waals surface area contributed by atoms with Crippen LogP contribution in [0.25, 0.3) is 11.0 Å². The lowest BCUT2D eigenvalue weighted by atomic mass is 9.88. The molecule has 4 N–H and O–H groups in total. The SMILES string of the molecule is C[C@]1(c2cc(Nc3nccc4[nH]c(=O)cnc34)cnc2F)N=C(N)S[C@H]2C[C@H]21. The molecule has 1 saturated carbocycles. The van der Waals surface area contributed by atoms with Crippen molar-refractivity contribution in [2.45, 2.75) is 24.1 Å². The normalized spacial score (nSPS) is 25.9. The molecule has 2 aliphatic rings. The molecule has 0 radical (unpaired) electrons. The number of aromatic amines is 1. The van der Waals surface area contributed by atoms with Crippen molar-refractivity contribution in [2.24, 2.45) is 16.6 Å². The summed E-state index contributed by atoms with van der Waals surface area (Å²) in [6, 6.07) is 3.35. The highest BCUT2D eigenvalue weighted by Gasteiger charge is 2.55. The van der Waals surface area contributed by atoms with Gasteiger partial charge in [0.1, 0.15) is 5.52 Å². The fourth-order valence-electron chi connectivity index (χ4n) is 3.72. The van der Waals surface area contributed by atoms with Gasteiger partial charge in [0, 0.05) is 22.9 Å². The highest BCUT2D eigenvalue weighted by molar-refractivity contribution is 8.14. The Labute approximate surface area is 162 Å². The number of nitrogens with zero attached hydrogens (tertiary/aromatic N) is 4. The molecule has 1 aliphatic carbocycles. The average Bonchev–Trinajstić information content (AvgIpc) is 3.43. The molecule has 0 bridgehead atoms. The number of pyridine rings is 2. The molecule has 0 unspecified atom stereocenters. The number of aliphatic imine (C=N–C) groups is 1. The standard InChI is InChI=1S/C18H16FN7OS/c1-18(9-5-12(9)28-17(20)26-18)10-4-8(6-23-15(10)19)24-16-14-11(2-3-21-16)25-13(27)7-22-14/h2-4,6-7,9,12H,5H2,1H3,(H2,20,26)(H,21,24)(H,25,27)/t9-,12+,18+/m1/s1.